The van der Waals surface area contributed by atoms with Gasteiger partial charge in [0.2, 0.25) is 0 Å². The fourth-order valence-corrected chi connectivity index (χ4v) is 3.69. The molecule has 128 valence electrons. The van der Waals surface area contributed by atoms with Crippen molar-refractivity contribution in [2.24, 2.45) is 0 Å². The Balaban J connectivity index is 1.51. The van der Waals surface area contributed by atoms with E-state index < -0.39 is 5.60 Å². The maximum atomic E-state index is 12.2. The van der Waals surface area contributed by atoms with E-state index in [1.165, 1.54) is 0 Å². The van der Waals surface area contributed by atoms with Crippen LogP contribution in [0.4, 0.5) is 0 Å². The average molecular weight is 345 g/mol. The first-order chi connectivity index (χ1) is 11.6. The van der Waals surface area contributed by atoms with Gasteiger partial charge in [-0.15, -0.1) is 11.3 Å². The molecule has 1 aliphatic heterocycles. The predicted octanol–water partition coefficient (Wildman–Crippen LogP) is 2.29. The van der Waals surface area contributed by atoms with E-state index in [1.807, 2.05) is 29.8 Å². The number of nitrogens with zero attached hydrogens (tertiary/aromatic N) is 2. The highest BCUT2D eigenvalue weighted by atomic mass is 32.1. The average Bonchev–Trinajstić information content (AvgIpc) is 3.04. The highest BCUT2D eigenvalue weighted by Crippen LogP contribution is 2.23. The largest absolute Gasteiger partial charge is 0.388 e. The van der Waals surface area contributed by atoms with Gasteiger partial charge in [-0.25, -0.2) is 4.98 Å². The Morgan fingerprint density at radius 1 is 1.29 bits per heavy atom. The number of likely N-dealkylation sites (tertiary alicyclic amines) is 1. The van der Waals surface area contributed by atoms with E-state index in [4.69, 9.17) is 0 Å². The summed E-state index contributed by atoms with van der Waals surface area (Å²) in [6.45, 7) is 2.90. The molecule has 0 radical (unpaired) electrons. The standard InChI is InChI=1S/C18H23N3O2S/c22-17(15-5-2-1-3-6-15)20-14-18(23)7-4-10-21(11-8-18)13-16-19-9-12-24-16/h1-3,5-6,9,12,23H,4,7-8,10-11,13-14H2,(H,20,22). The molecule has 1 aromatic carbocycles. The number of benzene rings is 1. The third-order valence-electron chi connectivity index (χ3n) is 4.47. The zero-order valence-electron chi connectivity index (χ0n) is 13.6. The summed E-state index contributed by atoms with van der Waals surface area (Å²) in [6, 6.07) is 9.12. The van der Waals surface area contributed by atoms with Gasteiger partial charge in [0.05, 0.1) is 12.1 Å². The molecule has 24 heavy (non-hydrogen) atoms. The molecule has 2 heterocycles. The molecule has 2 N–H and O–H groups in total. The number of nitrogens with one attached hydrogen (secondary N) is 1. The summed E-state index contributed by atoms with van der Waals surface area (Å²) in [7, 11) is 0. The molecule has 5 nitrogen and oxygen atoms in total. The van der Waals surface area contributed by atoms with E-state index in [1.54, 1.807) is 23.5 Å². The number of hydrogen-bond acceptors (Lipinski definition) is 5. The summed E-state index contributed by atoms with van der Waals surface area (Å²) in [4.78, 5) is 18.8. The van der Waals surface area contributed by atoms with Crippen molar-refractivity contribution in [1.82, 2.24) is 15.2 Å². The van der Waals surface area contributed by atoms with E-state index in [9.17, 15) is 9.90 Å². The summed E-state index contributed by atoms with van der Waals surface area (Å²) in [5.41, 5.74) is -0.206. The lowest BCUT2D eigenvalue weighted by Gasteiger charge is -2.27. The second-order valence-electron chi connectivity index (χ2n) is 6.33. The monoisotopic (exact) mass is 345 g/mol. The number of thiazole rings is 1. The van der Waals surface area contributed by atoms with Gasteiger partial charge >= 0.3 is 0 Å². The quantitative estimate of drug-likeness (QED) is 0.873. The zero-order valence-corrected chi connectivity index (χ0v) is 14.5. The number of amides is 1. The van der Waals surface area contributed by atoms with Crippen LogP contribution in [-0.2, 0) is 6.54 Å². The van der Waals surface area contributed by atoms with Crippen LogP contribution in [0.5, 0.6) is 0 Å². The van der Waals surface area contributed by atoms with E-state index in [-0.39, 0.29) is 5.91 Å². The van der Waals surface area contributed by atoms with Crippen molar-refractivity contribution in [2.75, 3.05) is 19.6 Å². The van der Waals surface area contributed by atoms with Crippen LogP contribution >= 0.6 is 11.3 Å². The SMILES string of the molecule is O=C(NCC1(O)CCCN(Cc2nccs2)CC1)c1ccccc1. The Kier molecular flexibility index (Phi) is 5.60. The Morgan fingerprint density at radius 3 is 2.88 bits per heavy atom. The molecule has 0 bridgehead atoms. The molecule has 1 aliphatic rings. The molecular formula is C18H23N3O2S. The lowest BCUT2D eigenvalue weighted by molar-refractivity contribution is 0.0248. The van der Waals surface area contributed by atoms with Gasteiger partial charge < -0.3 is 10.4 Å². The van der Waals surface area contributed by atoms with Gasteiger partial charge in [0, 0.05) is 30.2 Å². The Morgan fingerprint density at radius 2 is 2.12 bits per heavy atom. The van der Waals surface area contributed by atoms with Crippen LogP contribution < -0.4 is 5.32 Å². The van der Waals surface area contributed by atoms with Crippen LogP contribution in [-0.4, -0.2) is 46.1 Å². The van der Waals surface area contributed by atoms with Crippen molar-refractivity contribution in [3.05, 3.63) is 52.5 Å². The smallest absolute Gasteiger partial charge is 0.251 e. The number of carbonyl (C=O) groups is 1. The maximum absolute atomic E-state index is 12.2. The number of carbonyl (C=O) groups excluding carboxylic acids is 1. The maximum Gasteiger partial charge on any atom is 0.251 e. The Hall–Kier alpha value is -1.76. The first-order valence-corrected chi connectivity index (χ1v) is 9.19. The second-order valence-corrected chi connectivity index (χ2v) is 7.31. The molecule has 1 amide bonds. The first kappa shape index (κ1) is 17.1. The lowest BCUT2D eigenvalue weighted by Crippen LogP contribution is -2.43. The summed E-state index contributed by atoms with van der Waals surface area (Å²) in [5.74, 6) is -0.132. The number of aromatic nitrogens is 1. The zero-order chi connectivity index (χ0) is 16.8. The Bertz CT molecular complexity index is 648. The summed E-state index contributed by atoms with van der Waals surface area (Å²) in [6.07, 6.45) is 4.11. The van der Waals surface area contributed by atoms with Crippen molar-refractivity contribution in [3.63, 3.8) is 0 Å². The molecule has 0 aliphatic carbocycles. The summed E-state index contributed by atoms with van der Waals surface area (Å²) in [5, 5.41) is 16.8. The summed E-state index contributed by atoms with van der Waals surface area (Å²) < 4.78 is 0. The van der Waals surface area contributed by atoms with Gasteiger partial charge in [0.15, 0.2) is 0 Å². The van der Waals surface area contributed by atoms with Crippen LogP contribution in [0, 0.1) is 0 Å². The molecule has 0 saturated carbocycles. The van der Waals surface area contributed by atoms with Gasteiger partial charge in [-0.3, -0.25) is 9.69 Å². The van der Waals surface area contributed by atoms with E-state index >= 15 is 0 Å². The predicted molar refractivity (Wildman–Crippen MR) is 95.0 cm³/mol. The third kappa shape index (κ3) is 4.63. The molecule has 3 rings (SSSR count). The van der Waals surface area contributed by atoms with Gasteiger partial charge in [0.1, 0.15) is 5.01 Å². The first-order valence-electron chi connectivity index (χ1n) is 8.31. The molecule has 0 spiro atoms. The Labute approximate surface area is 146 Å². The molecule has 6 heteroatoms. The van der Waals surface area contributed by atoms with Crippen LogP contribution in [0.3, 0.4) is 0 Å². The topological polar surface area (TPSA) is 65.5 Å². The molecular weight excluding hydrogens is 322 g/mol. The number of aliphatic hydroxyl groups is 1. The van der Waals surface area contributed by atoms with Crippen molar-refractivity contribution in [1.29, 1.82) is 0 Å². The molecule has 1 unspecified atom stereocenters. The lowest BCUT2D eigenvalue weighted by atomic mass is 9.95. The second kappa shape index (κ2) is 7.88. The highest BCUT2D eigenvalue weighted by molar-refractivity contribution is 7.09. The van der Waals surface area contributed by atoms with Gasteiger partial charge in [-0.1, -0.05) is 18.2 Å². The molecule has 2 aromatic rings. The van der Waals surface area contributed by atoms with E-state index in [0.29, 0.717) is 24.9 Å². The van der Waals surface area contributed by atoms with E-state index in [2.05, 4.69) is 15.2 Å². The normalized spacial score (nSPS) is 22.0. The fourth-order valence-electron chi connectivity index (χ4n) is 3.03. The van der Waals surface area contributed by atoms with Crippen molar-refractivity contribution >= 4 is 17.2 Å². The molecule has 1 saturated heterocycles. The van der Waals surface area contributed by atoms with Crippen LogP contribution in [0.25, 0.3) is 0 Å². The summed E-state index contributed by atoms with van der Waals surface area (Å²) >= 11 is 1.66. The highest BCUT2D eigenvalue weighted by Gasteiger charge is 2.30. The van der Waals surface area contributed by atoms with E-state index in [0.717, 1.165) is 31.1 Å². The molecule has 1 aromatic heterocycles. The number of hydrogen-bond donors (Lipinski definition) is 2. The van der Waals surface area contributed by atoms with Gasteiger partial charge in [-0.05, 0) is 37.9 Å². The van der Waals surface area contributed by atoms with Crippen LogP contribution in [0.1, 0.15) is 34.6 Å². The minimum Gasteiger partial charge on any atom is -0.388 e. The third-order valence-corrected chi connectivity index (χ3v) is 5.23. The van der Waals surface area contributed by atoms with Gasteiger partial charge in [-0.2, -0.15) is 0 Å². The molecule has 1 atom stereocenters. The van der Waals surface area contributed by atoms with Crippen molar-refractivity contribution in [2.45, 2.75) is 31.4 Å². The van der Waals surface area contributed by atoms with Crippen LogP contribution in [0.2, 0.25) is 0 Å². The van der Waals surface area contributed by atoms with Crippen molar-refractivity contribution < 1.29 is 9.90 Å². The minimum atomic E-state index is -0.831. The van der Waals surface area contributed by atoms with Crippen LogP contribution in [0.15, 0.2) is 41.9 Å². The molecule has 1 fully saturated rings. The fraction of sp³-hybridized carbons (Fsp3) is 0.444. The van der Waals surface area contributed by atoms with Gasteiger partial charge in [0.25, 0.3) is 5.91 Å². The minimum absolute atomic E-state index is 0.132. The number of rotatable bonds is 5. The van der Waals surface area contributed by atoms with Crippen molar-refractivity contribution in [3.8, 4) is 0 Å².